The fraction of sp³-hybridized carbons (Fsp3) is 0.263. The lowest BCUT2D eigenvalue weighted by molar-refractivity contribution is -0.301. The van der Waals surface area contributed by atoms with E-state index in [1.807, 2.05) is 30.3 Å². The maximum Gasteiger partial charge on any atom is 0.438 e. The van der Waals surface area contributed by atoms with Gasteiger partial charge in [-0.15, -0.1) is 11.8 Å². The number of halogens is 4. The average molecular weight is 473 g/mol. The highest BCUT2D eigenvalue weighted by molar-refractivity contribution is 9.10. The minimum absolute atomic E-state index is 0.00809. The van der Waals surface area contributed by atoms with Crippen LogP contribution in [0.4, 0.5) is 13.2 Å². The van der Waals surface area contributed by atoms with Gasteiger partial charge >= 0.3 is 6.18 Å². The Morgan fingerprint density at radius 1 is 1.18 bits per heavy atom. The van der Waals surface area contributed by atoms with Crippen molar-refractivity contribution in [1.82, 2.24) is 5.01 Å². The van der Waals surface area contributed by atoms with Crippen LogP contribution >= 0.6 is 27.7 Å². The van der Waals surface area contributed by atoms with Gasteiger partial charge in [0, 0.05) is 10.2 Å². The van der Waals surface area contributed by atoms with Gasteiger partial charge < -0.3 is 5.11 Å². The first-order valence-electron chi connectivity index (χ1n) is 8.28. The summed E-state index contributed by atoms with van der Waals surface area (Å²) < 4.78 is 41.4. The van der Waals surface area contributed by atoms with E-state index in [1.54, 1.807) is 24.3 Å². The largest absolute Gasteiger partial charge is 0.438 e. The molecule has 1 aliphatic heterocycles. The lowest BCUT2D eigenvalue weighted by Crippen LogP contribution is -2.57. The topological polar surface area (TPSA) is 52.9 Å². The molecule has 0 aliphatic carbocycles. The minimum atomic E-state index is -5.03. The van der Waals surface area contributed by atoms with Gasteiger partial charge in [-0.3, -0.25) is 4.79 Å². The summed E-state index contributed by atoms with van der Waals surface area (Å²) in [6, 6.07) is 15.7. The van der Waals surface area contributed by atoms with E-state index in [2.05, 4.69) is 21.0 Å². The average Bonchev–Trinajstić information content (AvgIpc) is 3.02. The van der Waals surface area contributed by atoms with Gasteiger partial charge in [0.05, 0.1) is 17.9 Å². The zero-order valence-electron chi connectivity index (χ0n) is 14.5. The van der Waals surface area contributed by atoms with Crippen LogP contribution in [0.3, 0.4) is 0 Å². The van der Waals surface area contributed by atoms with Crippen LogP contribution in [-0.2, 0) is 10.5 Å². The van der Waals surface area contributed by atoms with Crippen LogP contribution in [0.2, 0.25) is 0 Å². The van der Waals surface area contributed by atoms with Crippen LogP contribution in [0.5, 0.6) is 0 Å². The van der Waals surface area contributed by atoms with Gasteiger partial charge in [-0.1, -0.05) is 58.4 Å². The zero-order chi connectivity index (χ0) is 20.4. The summed E-state index contributed by atoms with van der Waals surface area (Å²) in [4.78, 5) is 12.5. The number of hydrogen-bond donors (Lipinski definition) is 1. The molecular weight excluding hydrogens is 457 g/mol. The smallest absolute Gasteiger partial charge is 0.362 e. The Labute approximate surface area is 172 Å². The maximum atomic E-state index is 13.6. The molecule has 0 unspecified atom stereocenters. The zero-order valence-corrected chi connectivity index (χ0v) is 16.9. The van der Waals surface area contributed by atoms with Crippen LogP contribution in [0, 0.1) is 0 Å². The van der Waals surface area contributed by atoms with E-state index in [4.69, 9.17) is 0 Å². The van der Waals surface area contributed by atoms with E-state index >= 15 is 0 Å². The third-order valence-corrected chi connectivity index (χ3v) is 5.71. The number of aliphatic hydroxyl groups is 1. The number of rotatable bonds is 5. The van der Waals surface area contributed by atoms with Crippen molar-refractivity contribution in [3.8, 4) is 0 Å². The molecule has 1 atom stereocenters. The molecular formula is C19H16BrF3N2O2S. The Kier molecular flexibility index (Phi) is 6.16. The monoisotopic (exact) mass is 472 g/mol. The second-order valence-electron chi connectivity index (χ2n) is 6.23. The molecule has 1 aliphatic rings. The molecule has 4 nitrogen and oxygen atoms in total. The molecule has 3 rings (SSSR count). The molecule has 0 saturated carbocycles. The van der Waals surface area contributed by atoms with E-state index in [-0.39, 0.29) is 16.5 Å². The normalized spacial score (nSPS) is 19.6. The predicted molar refractivity (Wildman–Crippen MR) is 106 cm³/mol. The SMILES string of the molecule is O=C(CSCc1ccccc1)N1N=C(c2ccc(Br)cc2)C[C@]1(O)C(F)(F)F. The standard InChI is InChI=1S/C19H16BrF3N2O2S/c20-15-8-6-14(7-9-15)16-10-18(27,19(21,22)23)25(24-16)17(26)12-28-11-13-4-2-1-3-5-13/h1-9,27H,10-12H2/t18-/m0/s1. The summed E-state index contributed by atoms with van der Waals surface area (Å²) in [5.41, 5.74) is -1.97. The molecule has 1 amide bonds. The van der Waals surface area contributed by atoms with Crippen LogP contribution < -0.4 is 0 Å². The van der Waals surface area contributed by atoms with E-state index < -0.39 is 24.2 Å². The Morgan fingerprint density at radius 3 is 2.43 bits per heavy atom. The van der Waals surface area contributed by atoms with Gasteiger partial charge in [-0.2, -0.15) is 23.3 Å². The van der Waals surface area contributed by atoms with Crippen molar-refractivity contribution >= 4 is 39.3 Å². The first-order valence-corrected chi connectivity index (χ1v) is 10.2. The van der Waals surface area contributed by atoms with Gasteiger partial charge in [0.2, 0.25) is 0 Å². The molecule has 2 aromatic carbocycles. The van der Waals surface area contributed by atoms with Crippen molar-refractivity contribution in [1.29, 1.82) is 0 Å². The number of thioether (sulfide) groups is 1. The van der Waals surface area contributed by atoms with E-state index in [0.29, 0.717) is 11.3 Å². The first kappa shape index (κ1) is 20.9. The molecule has 0 fully saturated rings. The van der Waals surface area contributed by atoms with Crippen molar-refractivity contribution in [3.63, 3.8) is 0 Å². The minimum Gasteiger partial charge on any atom is -0.362 e. The summed E-state index contributed by atoms with van der Waals surface area (Å²) in [6.07, 6.45) is -5.85. The fourth-order valence-electron chi connectivity index (χ4n) is 2.72. The number of carbonyl (C=O) groups is 1. The van der Waals surface area contributed by atoms with Gasteiger partial charge in [0.1, 0.15) is 0 Å². The molecule has 0 saturated heterocycles. The van der Waals surface area contributed by atoms with Gasteiger partial charge in [0.25, 0.3) is 11.6 Å². The number of benzene rings is 2. The molecule has 28 heavy (non-hydrogen) atoms. The summed E-state index contributed by atoms with van der Waals surface area (Å²) in [6.45, 7) is 0. The van der Waals surface area contributed by atoms with Crippen molar-refractivity contribution in [3.05, 3.63) is 70.2 Å². The number of hydrazone groups is 1. The van der Waals surface area contributed by atoms with Crippen molar-refractivity contribution in [2.45, 2.75) is 24.1 Å². The molecule has 1 heterocycles. The van der Waals surface area contributed by atoms with Crippen molar-refractivity contribution in [2.24, 2.45) is 5.10 Å². The van der Waals surface area contributed by atoms with E-state index in [0.717, 1.165) is 10.0 Å². The van der Waals surface area contributed by atoms with Gasteiger partial charge in [-0.25, -0.2) is 0 Å². The molecule has 0 bridgehead atoms. The number of carbonyl (C=O) groups excluding carboxylic acids is 1. The van der Waals surface area contributed by atoms with Gasteiger partial charge in [-0.05, 0) is 23.3 Å². The summed E-state index contributed by atoms with van der Waals surface area (Å²) in [7, 11) is 0. The van der Waals surface area contributed by atoms with E-state index in [1.165, 1.54) is 11.8 Å². The number of alkyl halides is 3. The summed E-state index contributed by atoms with van der Waals surface area (Å²) >= 11 is 4.42. The third kappa shape index (κ3) is 4.42. The van der Waals surface area contributed by atoms with Gasteiger partial charge in [0.15, 0.2) is 0 Å². The van der Waals surface area contributed by atoms with Crippen LogP contribution in [0.25, 0.3) is 0 Å². The second-order valence-corrected chi connectivity index (χ2v) is 8.13. The first-order chi connectivity index (χ1) is 13.2. The third-order valence-electron chi connectivity index (χ3n) is 4.19. The summed E-state index contributed by atoms with van der Waals surface area (Å²) in [5, 5.41) is 14.3. The highest BCUT2D eigenvalue weighted by Crippen LogP contribution is 2.41. The molecule has 9 heteroatoms. The lowest BCUT2D eigenvalue weighted by Gasteiger charge is -2.32. The number of hydrogen-bond acceptors (Lipinski definition) is 4. The highest BCUT2D eigenvalue weighted by atomic mass is 79.9. The van der Waals surface area contributed by atoms with Crippen molar-refractivity contribution in [2.75, 3.05) is 5.75 Å². The van der Waals surface area contributed by atoms with Crippen molar-refractivity contribution < 1.29 is 23.1 Å². The van der Waals surface area contributed by atoms with Crippen LogP contribution in [0.1, 0.15) is 17.5 Å². The Morgan fingerprint density at radius 2 is 1.82 bits per heavy atom. The Bertz CT molecular complexity index is 875. The van der Waals surface area contributed by atoms with Crippen LogP contribution in [-0.4, -0.2) is 39.4 Å². The quantitative estimate of drug-likeness (QED) is 0.693. The predicted octanol–water partition coefficient (Wildman–Crippen LogP) is 4.57. The number of amides is 1. The Hall–Kier alpha value is -1.84. The second kappa shape index (κ2) is 8.26. The molecule has 148 valence electrons. The number of nitrogens with zero attached hydrogens (tertiary/aromatic N) is 2. The maximum absolute atomic E-state index is 13.6. The molecule has 2 aromatic rings. The molecule has 1 N–H and O–H groups in total. The summed E-state index contributed by atoms with van der Waals surface area (Å²) in [5.74, 6) is -0.661. The highest BCUT2D eigenvalue weighted by Gasteiger charge is 2.63. The Balaban J connectivity index is 1.77. The fourth-order valence-corrected chi connectivity index (χ4v) is 3.81. The van der Waals surface area contributed by atoms with Crippen LogP contribution in [0.15, 0.2) is 64.2 Å². The molecule has 0 spiro atoms. The van der Waals surface area contributed by atoms with E-state index in [9.17, 15) is 23.1 Å². The molecule has 0 aromatic heterocycles. The molecule has 0 radical (unpaired) electrons. The lowest BCUT2D eigenvalue weighted by atomic mass is 10.0.